The van der Waals surface area contributed by atoms with Crippen LogP contribution in [0.3, 0.4) is 0 Å². The molecule has 0 amide bonds. The Morgan fingerprint density at radius 1 is 1.00 bits per heavy atom. The van der Waals surface area contributed by atoms with Crippen molar-refractivity contribution in [2.75, 3.05) is 13.2 Å². The Morgan fingerprint density at radius 3 is 2.43 bits per heavy atom. The van der Waals surface area contributed by atoms with Gasteiger partial charge >= 0.3 is 0 Å². The Morgan fingerprint density at radius 2 is 1.71 bits per heavy atom. The zero-order valence-corrected chi connectivity index (χ0v) is 13.3. The van der Waals surface area contributed by atoms with Crippen LogP contribution in [-0.2, 0) is 0 Å². The molecule has 2 aromatic rings. The molecule has 0 bridgehead atoms. The second kappa shape index (κ2) is 7.50. The highest BCUT2D eigenvalue weighted by Gasteiger charge is 2.05. The molecule has 0 fully saturated rings. The smallest absolute Gasteiger partial charge is 0.129 e. The van der Waals surface area contributed by atoms with Gasteiger partial charge in [0, 0.05) is 6.07 Å². The summed E-state index contributed by atoms with van der Waals surface area (Å²) in [5.74, 6) is 1.28. The predicted octanol–water partition coefficient (Wildman–Crippen LogP) is 4.09. The van der Waals surface area contributed by atoms with Crippen molar-refractivity contribution < 1.29 is 9.47 Å². The number of hydrogen-bond acceptors (Lipinski definition) is 3. The van der Waals surface area contributed by atoms with Crippen molar-refractivity contribution in [1.29, 1.82) is 0 Å². The van der Waals surface area contributed by atoms with Crippen LogP contribution in [-0.4, -0.2) is 18.2 Å². The quantitative estimate of drug-likeness (QED) is 0.634. The van der Waals surface area contributed by atoms with Gasteiger partial charge in [-0.3, -0.25) is 0 Å². The lowest BCUT2D eigenvalue weighted by molar-refractivity contribution is 0.217. The van der Waals surface area contributed by atoms with Crippen LogP contribution < -0.4 is 15.2 Å². The number of halogens is 2. The predicted molar refractivity (Wildman–Crippen MR) is 89.8 cm³/mol. The van der Waals surface area contributed by atoms with Crippen LogP contribution in [0, 0.1) is 0 Å². The second-order valence-corrected chi connectivity index (χ2v) is 5.39. The van der Waals surface area contributed by atoms with Crippen LogP contribution in [0.5, 0.6) is 11.5 Å². The Bertz CT molecular complexity index is 649. The maximum atomic E-state index is 5.91. The van der Waals surface area contributed by atoms with E-state index in [1.165, 1.54) is 0 Å². The monoisotopic (exact) mass is 341 g/mol. The molecule has 0 saturated carbocycles. The van der Waals surface area contributed by atoms with E-state index >= 15 is 0 Å². The second-order valence-electron chi connectivity index (χ2n) is 4.13. The van der Waals surface area contributed by atoms with E-state index in [0.29, 0.717) is 45.3 Å². The molecule has 0 aliphatic heterocycles. The normalized spacial score (nSPS) is 10.2. The lowest BCUT2D eigenvalue weighted by Crippen LogP contribution is -2.14. The first kappa shape index (κ1) is 15.9. The Labute approximate surface area is 138 Å². The molecule has 6 heteroatoms. The lowest BCUT2D eigenvalue weighted by atomic mass is 10.2. The molecule has 0 radical (unpaired) electrons. The molecular formula is C15H13Cl2NO2S. The number of benzene rings is 2. The van der Waals surface area contributed by atoms with Crippen LogP contribution in [0.2, 0.25) is 10.0 Å². The third-order valence-corrected chi connectivity index (χ3v) is 3.61. The van der Waals surface area contributed by atoms with Gasteiger partial charge in [-0.05, 0) is 24.3 Å². The SMILES string of the molecule is NC(=S)c1ccccc1OCCOc1ccc(Cl)c(Cl)c1. The minimum atomic E-state index is 0.302. The maximum absolute atomic E-state index is 5.91. The summed E-state index contributed by atoms with van der Waals surface area (Å²) in [6.45, 7) is 0.726. The zero-order valence-electron chi connectivity index (χ0n) is 11.0. The Balaban J connectivity index is 1.87. The maximum Gasteiger partial charge on any atom is 0.129 e. The summed E-state index contributed by atoms with van der Waals surface area (Å²) in [7, 11) is 0. The molecule has 0 spiro atoms. The molecule has 0 unspecified atom stereocenters. The van der Waals surface area contributed by atoms with E-state index in [9.17, 15) is 0 Å². The average molecular weight is 342 g/mol. The van der Waals surface area contributed by atoms with Crippen LogP contribution in [0.25, 0.3) is 0 Å². The summed E-state index contributed by atoms with van der Waals surface area (Å²) in [4.78, 5) is 0.302. The van der Waals surface area contributed by atoms with Crippen LogP contribution in [0.1, 0.15) is 5.56 Å². The first-order chi connectivity index (χ1) is 10.1. The lowest BCUT2D eigenvalue weighted by Gasteiger charge is -2.11. The fourth-order valence-electron chi connectivity index (χ4n) is 1.67. The molecule has 2 aromatic carbocycles. The van der Waals surface area contributed by atoms with E-state index in [2.05, 4.69) is 0 Å². The van der Waals surface area contributed by atoms with Gasteiger partial charge in [0.25, 0.3) is 0 Å². The number of thiocarbonyl (C=S) groups is 1. The molecule has 0 aromatic heterocycles. The molecule has 0 saturated heterocycles. The highest BCUT2D eigenvalue weighted by molar-refractivity contribution is 7.80. The largest absolute Gasteiger partial charge is 0.490 e. The van der Waals surface area contributed by atoms with Gasteiger partial charge in [0.1, 0.15) is 29.7 Å². The number of ether oxygens (including phenoxy) is 2. The van der Waals surface area contributed by atoms with Crippen LogP contribution >= 0.6 is 35.4 Å². The van der Waals surface area contributed by atoms with Gasteiger partial charge in [-0.1, -0.05) is 47.6 Å². The Kier molecular flexibility index (Phi) is 5.67. The van der Waals surface area contributed by atoms with E-state index in [1.807, 2.05) is 24.3 Å². The van der Waals surface area contributed by atoms with E-state index in [4.69, 9.17) is 50.6 Å². The molecule has 0 aliphatic rings. The zero-order chi connectivity index (χ0) is 15.2. The summed E-state index contributed by atoms with van der Waals surface area (Å²) in [6.07, 6.45) is 0. The summed E-state index contributed by atoms with van der Waals surface area (Å²) < 4.78 is 11.2. The van der Waals surface area contributed by atoms with Crippen LogP contribution in [0.15, 0.2) is 42.5 Å². The summed E-state index contributed by atoms with van der Waals surface area (Å²) in [5, 5.41) is 0.944. The van der Waals surface area contributed by atoms with Crippen molar-refractivity contribution in [2.45, 2.75) is 0 Å². The third kappa shape index (κ3) is 4.49. The van der Waals surface area contributed by atoms with Gasteiger partial charge in [-0.2, -0.15) is 0 Å². The molecule has 21 heavy (non-hydrogen) atoms. The molecular weight excluding hydrogens is 329 g/mol. The van der Waals surface area contributed by atoms with Gasteiger partial charge in [0.2, 0.25) is 0 Å². The molecule has 0 atom stereocenters. The first-order valence-electron chi connectivity index (χ1n) is 6.17. The molecule has 0 aliphatic carbocycles. The van der Waals surface area contributed by atoms with Gasteiger partial charge in [-0.15, -0.1) is 0 Å². The van der Waals surface area contributed by atoms with Gasteiger partial charge in [-0.25, -0.2) is 0 Å². The van der Waals surface area contributed by atoms with E-state index < -0.39 is 0 Å². The number of hydrogen-bond donors (Lipinski definition) is 1. The third-order valence-electron chi connectivity index (χ3n) is 2.65. The topological polar surface area (TPSA) is 44.5 Å². The average Bonchev–Trinajstić information content (AvgIpc) is 2.47. The summed E-state index contributed by atoms with van der Waals surface area (Å²) in [5.41, 5.74) is 6.34. The molecule has 110 valence electrons. The fourth-order valence-corrected chi connectivity index (χ4v) is 2.13. The van der Waals surface area contributed by atoms with Crippen molar-refractivity contribution in [3.63, 3.8) is 0 Å². The number of rotatable bonds is 6. The van der Waals surface area contributed by atoms with Gasteiger partial charge in [0.05, 0.1) is 15.6 Å². The fraction of sp³-hybridized carbons (Fsp3) is 0.133. The standard InChI is InChI=1S/C15H13Cl2NO2S/c16-12-6-5-10(9-13(12)17)19-7-8-20-14-4-2-1-3-11(14)15(18)21/h1-6,9H,7-8H2,(H2,18,21). The molecule has 3 nitrogen and oxygen atoms in total. The highest BCUT2D eigenvalue weighted by Crippen LogP contribution is 2.26. The van der Waals surface area contributed by atoms with Crippen molar-refractivity contribution in [3.05, 3.63) is 58.1 Å². The van der Waals surface area contributed by atoms with E-state index in [-0.39, 0.29) is 0 Å². The van der Waals surface area contributed by atoms with Crippen LogP contribution in [0.4, 0.5) is 0 Å². The molecule has 0 heterocycles. The Hall–Kier alpha value is -1.49. The minimum Gasteiger partial charge on any atom is -0.490 e. The van der Waals surface area contributed by atoms with Crippen molar-refractivity contribution in [3.8, 4) is 11.5 Å². The van der Waals surface area contributed by atoms with E-state index in [0.717, 1.165) is 0 Å². The highest BCUT2D eigenvalue weighted by atomic mass is 35.5. The van der Waals surface area contributed by atoms with E-state index in [1.54, 1.807) is 18.2 Å². The van der Waals surface area contributed by atoms with Gasteiger partial charge < -0.3 is 15.2 Å². The van der Waals surface area contributed by atoms with Gasteiger partial charge in [0.15, 0.2) is 0 Å². The van der Waals surface area contributed by atoms with Crippen molar-refractivity contribution >= 4 is 40.4 Å². The summed E-state index contributed by atoms with van der Waals surface area (Å²) in [6, 6.07) is 12.4. The number of nitrogens with two attached hydrogens (primary N) is 1. The molecule has 2 N–H and O–H groups in total. The van der Waals surface area contributed by atoms with Crippen molar-refractivity contribution in [1.82, 2.24) is 0 Å². The van der Waals surface area contributed by atoms with Crippen molar-refractivity contribution in [2.24, 2.45) is 5.73 Å². The summed E-state index contributed by atoms with van der Waals surface area (Å²) >= 11 is 16.7. The first-order valence-corrected chi connectivity index (χ1v) is 7.34. The molecule has 2 rings (SSSR count). The minimum absolute atomic E-state index is 0.302. The number of para-hydroxylation sites is 1.